The molecule has 2 aromatic carbocycles. The fraction of sp³-hybridized carbons (Fsp3) is 0.286. The number of esters is 1. The van der Waals surface area contributed by atoms with Crippen molar-refractivity contribution in [2.75, 3.05) is 13.2 Å². The molecule has 9 heteroatoms. The van der Waals surface area contributed by atoms with E-state index in [-0.39, 0.29) is 17.9 Å². The van der Waals surface area contributed by atoms with E-state index < -0.39 is 35.4 Å². The SMILES string of the molecule is O=C(COC(=O)C1CCCN1C(=O)OCc1ccccc1)c1ccc([N+](=O)[O-])cc1. The lowest BCUT2D eigenvalue weighted by atomic mass is 10.1. The number of hydrogen-bond donors (Lipinski definition) is 0. The van der Waals surface area contributed by atoms with Crippen LogP contribution in [0.5, 0.6) is 0 Å². The maximum absolute atomic E-state index is 12.4. The minimum absolute atomic E-state index is 0.0938. The van der Waals surface area contributed by atoms with Gasteiger partial charge in [0.1, 0.15) is 12.6 Å². The van der Waals surface area contributed by atoms with Gasteiger partial charge in [-0.2, -0.15) is 0 Å². The van der Waals surface area contributed by atoms with E-state index in [0.29, 0.717) is 19.4 Å². The summed E-state index contributed by atoms with van der Waals surface area (Å²) in [5.41, 5.74) is 0.885. The minimum Gasteiger partial charge on any atom is -0.456 e. The first kappa shape index (κ1) is 21.0. The number of non-ortho nitro benzene ring substituents is 1. The second kappa shape index (κ2) is 9.64. The number of carbonyl (C=O) groups is 3. The Morgan fingerprint density at radius 2 is 1.73 bits per heavy atom. The lowest BCUT2D eigenvalue weighted by molar-refractivity contribution is -0.384. The summed E-state index contributed by atoms with van der Waals surface area (Å²) in [5.74, 6) is -1.17. The van der Waals surface area contributed by atoms with Gasteiger partial charge in [-0.05, 0) is 30.5 Å². The standard InChI is InChI=1S/C21H20N2O7/c24-19(16-8-10-17(11-9-16)23(27)28)14-29-20(25)18-7-4-12-22(18)21(26)30-13-15-5-2-1-3-6-15/h1-3,5-6,8-11,18H,4,7,12-14H2. The molecular formula is C21H20N2O7. The van der Waals surface area contributed by atoms with Gasteiger partial charge in [-0.25, -0.2) is 9.59 Å². The Labute approximate surface area is 172 Å². The van der Waals surface area contributed by atoms with Gasteiger partial charge in [0.25, 0.3) is 5.69 Å². The fourth-order valence-corrected chi connectivity index (χ4v) is 3.12. The van der Waals surface area contributed by atoms with E-state index >= 15 is 0 Å². The van der Waals surface area contributed by atoms with Crippen LogP contribution in [-0.2, 0) is 20.9 Å². The molecule has 30 heavy (non-hydrogen) atoms. The normalized spacial score (nSPS) is 15.5. The highest BCUT2D eigenvalue weighted by molar-refractivity contribution is 5.98. The largest absolute Gasteiger partial charge is 0.456 e. The van der Waals surface area contributed by atoms with Crippen molar-refractivity contribution >= 4 is 23.5 Å². The summed E-state index contributed by atoms with van der Waals surface area (Å²) in [6.07, 6.45) is 0.432. The molecule has 1 atom stereocenters. The van der Waals surface area contributed by atoms with Crippen LogP contribution >= 0.6 is 0 Å². The van der Waals surface area contributed by atoms with Gasteiger partial charge in [0.05, 0.1) is 4.92 Å². The molecule has 0 N–H and O–H groups in total. The Hall–Kier alpha value is -3.75. The van der Waals surface area contributed by atoms with Crippen LogP contribution in [0.4, 0.5) is 10.5 Å². The Morgan fingerprint density at radius 3 is 2.40 bits per heavy atom. The molecule has 0 aromatic heterocycles. The first-order valence-electron chi connectivity index (χ1n) is 9.37. The number of rotatable bonds is 7. The highest BCUT2D eigenvalue weighted by atomic mass is 16.6. The van der Waals surface area contributed by atoms with Crippen LogP contribution in [0.1, 0.15) is 28.8 Å². The number of nitrogens with zero attached hydrogens (tertiary/aromatic N) is 2. The van der Waals surface area contributed by atoms with Crippen LogP contribution in [-0.4, -0.2) is 46.9 Å². The van der Waals surface area contributed by atoms with Crippen molar-refractivity contribution in [2.45, 2.75) is 25.5 Å². The maximum Gasteiger partial charge on any atom is 0.410 e. The van der Waals surface area contributed by atoms with Gasteiger partial charge >= 0.3 is 12.1 Å². The lowest BCUT2D eigenvalue weighted by Crippen LogP contribution is -2.42. The number of ketones is 1. The molecule has 1 saturated heterocycles. The summed E-state index contributed by atoms with van der Waals surface area (Å²) in [5, 5.41) is 10.7. The molecule has 9 nitrogen and oxygen atoms in total. The number of hydrogen-bond acceptors (Lipinski definition) is 7. The molecule has 0 radical (unpaired) electrons. The first-order valence-corrected chi connectivity index (χ1v) is 9.37. The molecule has 0 bridgehead atoms. The summed E-state index contributed by atoms with van der Waals surface area (Å²) in [6, 6.07) is 13.4. The van der Waals surface area contributed by atoms with Crippen molar-refractivity contribution in [1.29, 1.82) is 0 Å². The third-order valence-electron chi connectivity index (χ3n) is 4.71. The average Bonchev–Trinajstić information content (AvgIpc) is 3.26. The quantitative estimate of drug-likeness (QED) is 0.297. The Balaban J connectivity index is 1.51. The van der Waals surface area contributed by atoms with Gasteiger partial charge in [-0.15, -0.1) is 0 Å². The number of ether oxygens (including phenoxy) is 2. The smallest absolute Gasteiger partial charge is 0.410 e. The zero-order valence-electron chi connectivity index (χ0n) is 16.1. The molecule has 0 spiro atoms. The molecule has 1 unspecified atom stereocenters. The second-order valence-electron chi connectivity index (χ2n) is 6.73. The Bertz CT molecular complexity index is 928. The molecule has 0 aliphatic carbocycles. The monoisotopic (exact) mass is 412 g/mol. The van der Waals surface area contributed by atoms with Gasteiger partial charge in [0, 0.05) is 24.2 Å². The van der Waals surface area contributed by atoms with Crippen LogP contribution < -0.4 is 0 Å². The summed E-state index contributed by atoms with van der Waals surface area (Å²) in [7, 11) is 0. The van der Waals surface area contributed by atoms with Crippen molar-refractivity contribution in [3.63, 3.8) is 0 Å². The Morgan fingerprint density at radius 1 is 1.03 bits per heavy atom. The number of Topliss-reactive ketones (excluding diaryl/α,β-unsaturated/α-hetero) is 1. The zero-order chi connectivity index (χ0) is 21.5. The number of carbonyl (C=O) groups excluding carboxylic acids is 3. The third-order valence-corrected chi connectivity index (χ3v) is 4.71. The maximum atomic E-state index is 12.4. The molecule has 1 heterocycles. The van der Waals surface area contributed by atoms with E-state index in [1.54, 1.807) is 0 Å². The molecule has 1 amide bonds. The minimum atomic E-state index is -0.807. The highest BCUT2D eigenvalue weighted by Crippen LogP contribution is 2.20. The molecule has 1 aliphatic heterocycles. The summed E-state index contributed by atoms with van der Waals surface area (Å²) in [4.78, 5) is 48.3. The number of nitro benzene ring substituents is 1. The predicted octanol–water partition coefficient (Wildman–Crippen LogP) is 3.12. The number of benzene rings is 2. The van der Waals surface area contributed by atoms with Crippen molar-refractivity contribution < 1.29 is 28.8 Å². The average molecular weight is 412 g/mol. The second-order valence-corrected chi connectivity index (χ2v) is 6.73. The predicted molar refractivity (Wildman–Crippen MR) is 105 cm³/mol. The molecule has 0 saturated carbocycles. The third kappa shape index (κ3) is 5.19. The highest BCUT2D eigenvalue weighted by Gasteiger charge is 2.36. The van der Waals surface area contributed by atoms with Crippen molar-refractivity contribution in [2.24, 2.45) is 0 Å². The summed E-state index contributed by atoms with van der Waals surface area (Å²) >= 11 is 0. The van der Waals surface area contributed by atoms with Crippen LogP contribution in [0.25, 0.3) is 0 Å². The van der Waals surface area contributed by atoms with E-state index in [1.165, 1.54) is 29.2 Å². The van der Waals surface area contributed by atoms with Crippen LogP contribution in [0, 0.1) is 10.1 Å². The number of nitro groups is 1. The molecule has 1 fully saturated rings. The summed E-state index contributed by atoms with van der Waals surface area (Å²) in [6.45, 7) is -0.0553. The van der Waals surface area contributed by atoms with Crippen LogP contribution in [0.3, 0.4) is 0 Å². The first-order chi connectivity index (χ1) is 14.5. The number of likely N-dealkylation sites (tertiary alicyclic amines) is 1. The van der Waals surface area contributed by atoms with E-state index in [0.717, 1.165) is 5.56 Å². The molecular weight excluding hydrogens is 392 g/mol. The lowest BCUT2D eigenvalue weighted by Gasteiger charge is -2.22. The molecule has 3 rings (SSSR count). The topological polar surface area (TPSA) is 116 Å². The fourth-order valence-electron chi connectivity index (χ4n) is 3.12. The van der Waals surface area contributed by atoms with E-state index in [9.17, 15) is 24.5 Å². The van der Waals surface area contributed by atoms with E-state index in [4.69, 9.17) is 9.47 Å². The van der Waals surface area contributed by atoms with E-state index in [2.05, 4.69) is 0 Å². The van der Waals surface area contributed by atoms with Crippen molar-refractivity contribution in [3.8, 4) is 0 Å². The van der Waals surface area contributed by atoms with Crippen LogP contribution in [0.15, 0.2) is 54.6 Å². The van der Waals surface area contributed by atoms with Gasteiger partial charge in [0.2, 0.25) is 0 Å². The molecule has 156 valence electrons. The van der Waals surface area contributed by atoms with Crippen molar-refractivity contribution in [1.82, 2.24) is 4.90 Å². The van der Waals surface area contributed by atoms with Crippen LogP contribution in [0.2, 0.25) is 0 Å². The summed E-state index contributed by atoms with van der Waals surface area (Å²) < 4.78 is 10.4. The Kier molecular flexibility index (Phi) is 6.74. The van der Waals surface area contributed by atoms with Crippen molar-refractivity contribution in [3.05, 3.63) is 75.8 Å². The van der Waals surface area contributed by atoms with Gasteiger partial charge in [-0.1, -0.05) is 30.3 Å². The molecule has 1 aliphatic rings. The van der Waals surface area contributed by atoms with Gasteiger partial charge in [0.15, 0.2) is 12.4 Å². The molecule has 2 aromatic rings. The van der Waals surface area contributed by atoms with Gasteiger partial charge in [-0.3, -0.25) is 19.8 Å². The number of amides is 1. The van der Waals surface area contributed by atoms with Gasteiger partial charge < -0.3 is 9.47 Å². The van der Waals surface area contributed by atoms with E-state index in [1.807, 2.05) is 30.3 Å². The zero-order valence-corrected chi connectivity index (χ0v) is 16.1.